The van der Waals surface area contributed by atoms with Crippen molar-refractivity contribution in [3.05, 3.63) is 51.7 Å². The first-order valence-electron chi connectivity index (χ1n) is 6.14. The molecule has 0 fully saturated rings. The van der Waals surface area contributed by atoms with Gasteiger partial charge in [-0.1, -0.05) is 15.9 Å². The van der Waals surface area contributed by atoms with E-state index in [0.29, 0.717) is 5.76 Å². The molecule has 0 spiro atoms. The van der Waals surface area contributed by atoms with E-state index in [1.165, 1.54) is 13.2 Å². The van der Waals surface area contributed by atoms with Gasteiger partial charge in [0.2, 0.25) is 0 Å². The number of hydrogen-bond acceptors (Lipinski definition) is 3. The molecular formula is C16H15BrO3. The number of benzene rings is 1. The summed E-state index contributed by atoms with van der Waals surface area (Å²) in [6.07, 6.45) is 2.93. The molecule has 1 heterocycles. The molecule has 104 valence electrons. The molecule has 1 aromatic carbocycles. The van der Waals surface area contributed by atoms with Crippen LogP contribution in [0.5, 0.6) is 0 Å². The minimum atomic E-state index is -0.404. The van der Waals surface area contributed by atoms with Crippen LogP contribution in [0.4, 0.5) is 0 Å². The number of carbonyl (C=O) groups excluding carboxylic acids is 1. The highest BCUT2D eigenvalue weighted by Gasteiger charge is 2.09. The summed E-state index contributed by atoms with van der Waals surface area (Å²) in [5.41, 5.74) is 3.32. The Balaban J connectivity index is 2.31. The third kappa shape index (κ3) is 3.20. The normalized spacial score (nSPS) is 11.0. The molecule has 4 heteroatoms. The Morgan fingerprint density at radius 3 is 2.70 bits per heavy atom. The van der Waals surface area contributed by atoms with Crippen molar-refractivity contribution in [3.8, 4) is 11.3 Å². The second-order valence-corrected chi connectivity index (χ2v) is 5.33. The smallest absolute Gasteiger partial charge is 0.330 e. The number of hydrogen-bond donors (Lipinski definition) is 0. The fourth-order valence-electron chi connectivity index (χ4n) is 1.85. The molecular weight excluding hydrogens is 320 g/mol. The summed E-state index contributed by atoms with van der Waals surface area (Å²) in [7, 11) is 1.34. The molecule has 0 bridgehead atoms. The molecule has 20 heavy (non-hydrogen) atoms. The molecule has 1 aromatic heterocycles. The van der Waals surface area contributed by atoms with E-state index in [9.17, 15) is 4.79 Å². The molecule has 0 aliphatic carbocycles. The Morgan fingerprint density at radius 2 is 2.00 bits per heavy atom. The first-order chi connectivity index (χ1) is 9.51. The summed E-state index contributed by atoms with van der Waals surface area (Å²) >= 11 is 3.51. The standard InChI is InChI=1S/C16H15BrO3/c1-10-9-14(17)11(2)8-13(10)15-6-4-12(20-15)5-7-16(18)19-3/h4-9H,1-3H3/b7-5+. The van der Waals surface area contributed by atoms with Crippen molar-refractivity contribution in [2.75, 3.05) is 7.11 Å². The fraction of sp³-hybridized carbons (Fsp3) is 0.188. The monoisotopic (exact) mass is 334 g/mol. The molecule has 0 radical (unpaired) electrons. The molecule has 0 N–H and O–H groups in total. The van der Waals surface area contributed by atoms with Crippen LogP contribution in [0, 0.1) is 13.8 Å². The van der Waals surface area contributed by atoms with E-state index in [-0.39, 0.29) is 0 Å². The lowest BCUT2D eigenvalue weighted by Gasteiger charge is -2.06. The summed E-state index contributed by atoms with van der Waals surface area (Å²) in [6.45, 7) is 4.07. The number of halogens is 1. The van der Waals surface area contributed by atoms with Crippen molar-refractivity contribution < 1.29 is 13.9 Å². The molecule has 0 saturated heterocycles. The predicted molar refractivity (Wildman–Crippen MR) is 82.4 cm³/mol. The van der Waals surface area contributed by atoms with Gasteiger partial charge in [-0.05, 0) is 55.3 Å². The maximum Gasteiger partial charge on any atom is 0.330 e. The minimum Gasteiger partial charge on any atom is -0.466 e. The number of rotatable bonds is 3. The lowest BCUT2D eigenvalue weighted by Crippen LogP contribution is -1.92. The number of furan rings is 1. The van der Waals surface area contributed by atoms with Crippen LogP contribution in [0.15, 0.2) is 39.2 Å². The SMILES string of the molecule is COC(=O)/C=C/c1ccc(-c2cc(C)c(Br)cc2C)o1. The van der Waals surface area contributed by atoms with Gasteiger partial charge in [0.1, 0.15) is 11.5 Å². The Labute approximate surface area is 126 Å². The van der Waals surface area contributed by atoms with Crippen LogP contribution in [0.2, 0.25) is 0 Å². The van der Waals surface area contributed by atoms with Gasteiger partial charge in [-0.15, -0.1) is 0 Å². The van der Waals surface area contributed by atoms with Gasteiger partial charge in [0.05, 0.1) is 7.11 Å². The third-order valence-electron chi connectivity index (χ3n) is 2.98. The second kappa shape index (κ2) is 6.09. The number of ether oxygens (including phenoxy) is 1. The van der Waals surface area contributed by atoms with Crippen LogP contribution in [0.3, 0.4) is 0 Å². The highest BCUT2D eigenvalue weighted by atomic mass is 79.9. The van der Waals surface area contributed by atoms with Crippen molar-refractivity contribution in [3.63, 3.8) is 0 Å². The average Bonchev–Trinajstić information content (AvgIpc) is 2.88. The van der Waals surface area contributed by atoms with Crippen molar-refractivity contribution in [2.24, 2.45) is 0 Å². The Morgan fingerprint density at radius 1 is 1.25 bits per heavy atom. The number of carbonyl (C=O) groups is 1. The fourth-order valence-corrected chi connectivity index (χ4v) is 2.31. The molecule has 0 aliphatic rings. The molecule has 3 nitrogen and oxygen atoms in total. The van der Waals surface area contributed by atoms with E-state index in [4.69, 9.17) is 4.42 Å². The number of methoxy groups -OCH3 is 1. The zero-order valence-corrected chi connectivity index (χ0v) is 13.2. The van der Waals surface area contributed by atoms with Gasteiger partial charge < -0.3 is 9.15 Å². The predicted octanol–water partition coefficient (Wildman–Crippen LogP) is 4.51. The molecule has 2 aromatic rings. The first-order valence-corrected chi connectivity index (χ1v) is 6.93. The lowest BCUT2D eigenvalue weighted by atomic mass is 10.0. The molecule has 0 aliphatic heterocycles. The Hall–Kier alpha value is -1.81. The van der Waals surface area contributed by atoms with E-state index in [1.807, 2.05) is 26.0 Å². The van der Waals surface area contributed by atoms with Gasteiger partial charge in [0.15, 0.2) is 0 Å². The zero-order valence-electron chi connectivity index (χ0n) is 11.6. The van der Waals surface area contributed by atoms with Crippen molar-refractivity contribution in [2.45, 2.75) is 13.8 Å². The first kappa shape index (κ1) is 14.6. The highest BCUT2D eigenvalue weighted by Crippen LogP contribution is 2.30. The van der Waals surface area contributed by atoms with Gasteiger partial charge in [-0.2, -0.15) is 0 Å². The summed E-state index contributed by atoms with van der Waals surface area (Å²) in [6, 6.07) is 7.86. The molecule has 0 saturated carbocycles. The summed E-state index contributed by atoms with van der Waals surface area (Å²) < 4.78 is 11.3. The molecule has 0 atom stereocenters. The molecule has 2 rings (SSSR count). The highest BCUT2D eigenvalue weighted by molar-refractivity contribution is 9.10. The number of aryl methyl sites for hydroxylation is 2. The van der Waals surface area contributed by atoms with E-state index in [1.54, 1.807) is 6.08 Å². The van der Waals surface area contributed by atoms with Crippen molar-refractivity contribution >= 4 is 28.0 Å². The maximum absolute atomic E-state index is 11.0. The van der Waals surface area contributed by atoms with E-state index < -0.39 is 5.97 Å². The molecule has 0 amide bonds. The summed E-state index contributed by atoms with van der Waals surface area (Å²) in [5.74, 6) is 0.992. The van der Waals surface area contributed by atoms with Crippen LogP contribution in [-0.2, 0) is 9.53 Å². The van der Waals surface area contributed by atoms with Gasteiger partial charge in [-0.3, -0.25) is 0 Å². The van der Waals surface area contributed by atoms with Crippen LogP contribution in [-0.4, -0.2) is 13.1 Å². The van der Waals surface area contributed by atoms with Crippen LogP contribution >= 0.6 is 15.9 Å². The maximum atomic E-state index is 11.0. The molecule has 0 unspecified atom stereocenters. The van der Waals surface area contributed by atoms with Crippen LogP contribution in [0.1, 0.15) is 16.9 Å². The minimum absolute atomic E-state index is 0.404. The van der Waals surface area contributed by atoms with Crippen molar-refractivity contribution in [1.82, 2.24) is 0 Å². The third-order valence-corrected chi connectivity index (χ3v) is 3.84. The lowest BCUT2D eigenvalue weighted by molar-refractivity contribution is -0.134. The Bertz CT molecular complexity index is 668. The van der Waals surface area contributed by atoms with Crippen LogP contribution < -0.4 is 0 Å². The van der Waals surface area contributed by atoms with Gasteiger partial charge in [0.25, 0.3) is 0 Å². The largest absolute Gasteiger partial charge is 0.466 e. The zero-order chi connectivity index (χ0) is 14.7. The summed E-state index contributed by atoms with van der Waals surface area (Å²) in [5, 5.41) is 0. The van der Waals surface area contributed by atoms with Gasteiger partial charge in [-0.25, -0.2) is 4.79 Å². The topological polar surface area (TPSA) is 39.4 Å². The summed E-state index contributed by atoms with van der Waals surface area (Å²) in [4.78, 5) is 11.0. The quantitative estimate of drug-likeness (QED) is 0.612. The number of esters is 1. The second-order valence-electron chi connectivity index (χ2n) is 4.47. The van der Waals surface area contributed by atoms with E-state index >= 15 is 0 Å². The average molecular weight is 335 g/mol. The van der Waals surface area contributed by atoms with Crippen LogP contribution in [0.25, 0.3) is 17.4 Å². The van der Waals surface area contributed by atoms with Crippen molar-refractivity contribution in [1.29, 1.82) is 0 Å². The van der Waals surface area contributed by atoms with E-state index in [2.05, 4.69) is 32.8 Å². The Kier molecular flexibility index (Phi) is 4.45. The van der Waals surface area contributed by atoms with Gasteiger partial charge in [0, 0.05) is 16.1 Å². The van der Waals surface area contributed by atoms with Gasteiger partial charge >= 0.3 is 5.97 Å². The van der Waals surface area contributed by atoms with E-state index in [0.717, 1.165) is 26.9 Å².